The topological polar surface area (TPSA) is 79.6 Å². The molecule has 0 aliphatic carbocycles. The van der Waals surface area contributed by atoms with Crippen molar-refractivity contribution in [2.75, 3.05) is 18.6 Å². The summed E-state index contributed by atoms with van der Waals surface area (Å²) < 4.78 is 10.3. The largest absolute Gasteiger partial charge is 0.497 e. The van der Waals surface area contributed by atoms with Crippen molar-refractivity contribution in [3.63, 3.8) is 0 Å². The lowest BCUT2D eigenvalue weighted by molar-refractivity contribution is -0.149. The lowest BCUT2D eigenvalue weighted by atomic mass is 10.1. The summed E-state index contributed by atoms with van der Waals surface area (Å²) in [4.78, 5) is 26.6. The van der Waals surface area contributed by atoms with E-state index >= 15 is 0 Å². The number of nitriles is 1. The molecule has 0 aromatic heterocycles. The van der Waals surface area contributed by atoms with Crippen LogP contribution in [-0.2, 0) is 14.3 Å². The molecule has 0 spiro atoms. The second-order valence-corrected chi connectivity index (χ2v) is 5.91. The third kappa shape index (κ3) is 5.21. The van der Waals surface area contributed by atoms with E-state index in [1.54, 1.807) is 43.5 Å². The number of amides is 1. The van der Waals surface area contributed by atoms with Crippen LogP contribution in [0.15, 0.2) is 60.2 Å². The Labute approximate surface area is 164 Å². The average molecular weight is 378 g/mol. The van der Waals surface area contributed by atoms with Gasteiger partial charge >= 0.3 is 5.97 Å². The number of hydrogen-bond acceptors (Lipinski definition) is 5. The van der Waals surface area contributed by atoms with Crippen LogP contribution in [0.5, 0.6) is 5.75 Å². The molecule has 0 aliphatic heterocycles. The molecule has 2 rings (SSSR count). The van der Waals surface area contributed by atoms with Gasteiger partial charge in [0.1, 0.15) is 17.4 Å². The minimum Gasteiger partial charge on any atom is -0.497 e. The number of rotatable bonds is 7. The first-order valence-corrected chi connectivity index (χ1v) is 8.83. The van der Waals surface area contributed by atoms with Gasteiger partial charge < -0.3 is 14.4 Å². The van der Waals surface area contributed by atoms with Crippen molar-refractivity contribution in [1.29, 1.82) is 5.26 Å². The van der Waals surface area contributed by atoms with Gasteiger partial charge in [0.05, 0.1) is 7.11 Å². The van der Waals surface area contributed by atoms with Crippen molar-refractivity contribution in [3.05, 3.63) is 65.7 Å². The molecule has 6 nitrogen and oxygen atoms in total. The van der Waals surface area contributed by atoms with Gasteiger partial charge in [-0.3, -0.25) is 4.79 Å². The summed E-state index contributed by atoms with van der Waals surface area (Å²) in [5.41, 5.74) is 1.17. The van der Waals surface area contributed by atoms with Gasteiger partial charge in [-0.25, -0.2) is 4.79 Å². The van der Waals surface area contributed by atoms with Crippen LogP contribution < -0.4 is 9.64 Å². The molecule has 1 amide bonds. The van der Waals surface area contributed by atoms with Crippen LogP contribution in [0.1, 0.15) is 19.4 Å². The SMILES string of the molecule is CCN(C(=O)[C@@H](C)OC(=O)/C(C#N)=C/c1ccc(OC)cc1)c1ccccc1. The third-order valence-corrected chi connectivity index (χ3v) is 4.05. The maximum absolute atomic E-state index is 12.7. The number of esters is 1. The van der Waals surface area contributed by atoms with Gasteiger partial charge in [0.2, 0.25) is 0 Å². The first-order chi connectivity index (χ1) is 13.5. The smallest absolute Gasteiger partial charge is 0.349 e. The Bertz CT molecular complexity index is 883. The van der Waals surface area contributed by atoms with Crippen LogP contribution in [0, 0.1) is 11.3 Å². The van der Waals surface area contributed by atoms with Crippen molar-refractivity contribution in [2.45, 2.75) is 20.0 Å². The number of ether oxygens (including phenoxy) is 2. The van der Waals surface area contributed by atoms with E-state index in [4.69, 9.17) is 9.47 Å². The average Bonchev–Trinajstić information content (AvgIpc) is 2.73. The van der Waals surface area contributed by atoms with Gasteiger partial charge in [0.15, 0.2) is 6.10 Å². The Morgan fingerprint density at radius 2 is 1.79 bits per heavy atom. The van der Waals surface area contributed by atoms with Crippen molar-refractivity contribution >= 4 is 23.6 Å². The van der Waals surface area contributed by atoms with Gasteiger partial charge in [0.25, 0.3) is 5.91 Å². The van der Waals surface area contributed by atoms with E-state index in [2.05, 4.69) is 0 Å². The standard InChI is InChI=1S/C22H22N2O4/c1-4-24(19-8-6-5-7-9-19)21(25)16(2)28-22(26)18(15-23)14-17-10-12-20(27-3)13-11-17/h5-14,16H,4H2,1-3H3/b18-14+/t16-/m1/s1. The van der Waals surface area contributed by atoms with Crippen LogP contribution >= 0.6 is 0 Å². The number of methoxy groups -OCH3 is 1. The summed E-state index contributed by atoms with van der Waals surface area (Å²) in [6, 6.07) is 17.8. The molecule has 0 fully saturated rings. The van der Waals surface area contributed by atoms with Crippen LogP contribution in [-0.4, -0.2) is 31.6 Å². The Hall–Kier alpha value is -3.59. The second-order valence-electron chi connectivity index (χ2n) is 5.91. The number of para-hydroxylation sites is 1. The number of carbonyl (C=O) groups excluding carboxylic acids is 2. The molecule has 0 aliphatic rings. The summed E-state index contributed by atoms with van der Waals surface area (Å²) in [5, 5.41) is 9.30. The van der Waals surface area contributed by atoms with E-state index in [9.17, 15) is 14.9 Å². The summed E-state index contributed by atoms with van der Waals surface area (Å²) in [6.07, 6.45) is 0.383. The van der Waals surface area contributed by atoms with Gasteiger partial charge in [-0.05, 0) is 49.8 Å². The van der Waals surface area contributed by atoms with E-state index < -0.39 is 12.1 Å². The molecule has 0 radical (unpaired) electrons. The number of carbonyl (C=O) groups is 2. The first kappa shape index (κ1) is 20.7. The number of nitrogens with zero attached hydrogens (tertiary/aromatic N) is 2. The highest BCUT2D eigenvalue weighted by molar-refractivity contribution is 6.01. The minimum atomic E-state index is -1.03. The molecule has 0 N–H and O–H groups in total. The monoisotopic (exact) mass is 378 g/mol. The van der Waals surface area contributed by atoms with Crippen molar-refractivity contribution < 1.29 is 19.1 Å². The Kier molecular flexibility index (Phi) is 7.35. The quantitative estimate of drug-likeness (QED) is 0.418. The number of anilines is 1. The van der Waals surface area contributed by atoms with E-state index in [-0.39, 0.29) is 11.5 Å². The van der Waals surface area contributed by atoms with E-state index in [0.717, 1.165) is 0 Å². The highest BCUT2D eigenvalue weighted by Gasteiger charge is 2.25. The zero-order valence-corrected chi connectivity index (χ0v) is 16.1. The third-order valence-electron chi connectivity index (χ3n) is 4.05. The van der Waals surface area contributed by atoms with Crippen LogP contribution in [0.4, 0.5) is 5.69 Å². The predicted molar refractivity (Wildman–Crippen MR) is 107 cm³/mol. The Morgan fingerprint density at radius 1 is 1.14 bits per heavy atom. The van der Waals surface area contributed by atoms with E-state index in [0.29, 0.717) is 23.5 Å². The number of hydrogen-bond donors (Lipinski definition) is 0. The zero-order valence-electron chi connectivity index (χ0n) is 16.1. The summed E-state index contributed by atoms with van der Waals surface area (Å²) in [5.74, 6) is -0.537. The molecule has 0 bridgehead atoms. The maximum Gasteiger partial charge on any atom is 0.349 e. The molecule has 144 valence electrons. The van der Waals surface area contributed by atoms with Crippen molar-refractivity contribution in [1.82, 2.24) is 0 Å². The predicted octanol–water partition coefficient (Wildman–Crippen LogP) is 3.59. The lowest BCUT2D eigenvalue weighted by Gasteiger charge is -2.24. The molecular formula is C22H22N2O4. The fourth-order valence-corrected chi connectivity index (χ4v) is 2.57. The normalized spacial score (nSPS) is 11.9. The van der Waals surface area contributed by atoms with Gasteiger partial charge in [-0.1, -0.05) is 30.3 Å². The highest BCUT2D eigenvalue weighted by Crippen LogP contribution is 2.17. The van der Waals surface area contributed by atoms with E-state index in [1.807, 2.05) is 31.2 Å². The molecule has 0 heterocycles. The molecule has 2 aromatic rings. The molecule has 28 heavy (non-hydrogen) atoms. The Balaban J connectivity index is 2.11. The minimum absolute atomic E-state index is 0.187. The molecule has 0 unspecified atom stereocenters. The van der Waals surface area contributed by atoms with E-state index in [1.165, 1.54) is 17.9 Å². The summed E-state index contributed by atoms with van der Waals surface area (Å²) in [6.45, 7) is 3.76. The number of benzene rings is 2. The Morgan fingerprint density at radius 3 is 2.32 bits per heavy atom. The first-order valence-electron chi connectivity index (χ1n) is 8.83. The van der Waals surface area contributed by atoms with Crippen LogP contribution in [0.25, 0.3) is 6.08 Å². The molecule has 1 atom stereocenters. The van der Waals surface area contributed by atoms with Gasteiger partial charge in [-0.15, -0.1) is 0 Å². The van der Waals surface area contributed by atoms with Gasteiger partial charge in [0, 0.05) is 12.2 Å². The lowest BCUT2D eigenvalue weighted by Crippen LogP contribution is -2.40. The van der Waals surface area contributed by atoms with Crippen molar-refractivity contribution in [3.8, 4) is 11.8 Å². The fourth-order valence-electron chi connectivity index (χ4n) is 2.57. The number of likely N-dealkylation sites (N-methyl/N-ethyl adjacent to an activating group) is 1. The second kappa shape index (κ2) is 9.93. The van der Waals surface area contributed by atoms with Gasteiger partial charge in [-0.2, -0.15) is 5.26 Å². The molecule has 0 saturated carbocycles. The molecule has 6 heteroatoms. The van der Waals surface area contributed by atoms with Crippen LogP contribution in [0.2, 0.25) is 0 Å². The summed E-state index contributed by atoms with van der Waals surface area (Å²) >= 11 is 0. The van der Waals surface area contributed by atoms with Crippen molar-refractivity contribution in [2.24, 2.45) is 0 Å². The maximum atomic E-state index is 12.7. The highest BCUT2D eigenvalue weighted by atomic mass is 16.5. The molecular weight excluding hydrogens is 356 g/mol. The zero-order chi connectivity index (χ0) is 20.5. The molecule has 0 saturated heterocycles. The summed E-state index contributed by atoms with van der Waals surface area (Å²) in [7, 11) is 1.55. The fraction of sp³-hybridized carbons (Fsp3) is 0.227. The van der Waals surface area contributed by atoms with Crippen LogP contribution in [0.3, 0.4) is 0 Å². The molecule has 2 aromatic carbocycles.